The van der Waals surface area contributed by atoms with Gasteiger partial charge in [-0.25, -0.2) is 9.67 Å². The van der Waals surface area contributed by atoms with E-state index in [-0.39, 0.29) is 34.9 Å². The van der Waals surface area contributed by atoms with E-state index in [9.17, 15) is 9.59 Å². The summed E-state index contributed by atoms with van der Waals surface area (Å²) in [5.74, 6) is -0.299. The molecule has 2 N–H and O–H groups in total. The van der Waals surface area contributed by atoms with E-state index >= 15 is 0 Å². The molecule has 33 heavy (non-hydrogen) atoms. The van der Waals surface area contributed by atoms with Gasteiger partial charge in [0, 0.05) is 23.3 Å². The van der Waals surface area contributed by atoms with Crippen molar-refractivity contribution in [2.75, 3.05) is 12.4 Å². The minimum Gasteiger partial charge on any atom is -0.480 e. The predicted molar refractivity (Wildman–Crippen MR) is 127 cm³/mol. The van der Waals surface area contributed by atoms with E-state index in [0.717, 1.165) is 25.7 Å². The molecule has 2 heterocycles. The maximum atomic E-state index is 13.2. The van der Waals surface area contributed by atoms with Crippen LogP contribution in [0.2, 0.25) is 10.0 Å². The molecule has 0 unspecified atom stereocenters. The molecule has 1 saturated carbocycles. The molecule has 0 aliphatic heterocycles. The van der Waals surface area contributed by atoms with Crippen LogP contribution in [0.5, 0.6) is 5.88 Å². The van der Waals surface area contributed by atoms with Crippen molar-refractivity contribution < 1.29 is 14.3 Å². The summed E-state index contributed by atoms with van der Waals surface area (Å²) in [6.45, 7) is 0. The fourth-order valence-corrected chi connectivity index (χ4v) is 4.20. The van der Waals surface area contributed by atoms with Crippen LogP contribution in [0.4, 0.5) is 5.69 Å². The maximum Gasteiger partial charge on any atom is 0.274 e. The number of ether oxygens (including phenoxy) is 1. The number of carbonyl (C=O) groups excluding carboxylic acids is 2. The van der Waals surface area contributed by atoms with Crippen molar-refractivity contribution >= 4 is 40.7 Å². The number of rotatable bonds is 6. The van der Waals surface area contributed by atoms with Gasteiger partial charge in [0.2, 0.25) is 5.88 Å². The quantitative estimate of drug-likeness (QED) is 0.515. The normalized spacial score (nSPS) is 14.0. The molecule has 0 bridgehead atoms. The Hall–Kier alpha value is -3.10. The van der Waals surface area contributed by atoms with Crippen LogP contribution >= 0.6 is 23.2 Å². The Morgan fingerprint density at radius 2 is 1.88 bits per heavy atom. The number of hydrogen-bond donors (Lipinski definition) is 2. The summed E-state index contributed by atoms with van der Waals surface area (Å²) >= 11 is 12.4. The number of amides is 2. The molecule has 10 heteroatoms. The molecule has 1 aliphatic rings. The van der Waals surface area contributed by atoms with E-state index in [1.165, 1.54) is 24.3 Å². The smallest absolute Gasteiger partial charge is 0.274 e. The molecule has 1 fully saturated rings. The van der Waals surface area contributed by atoms with Gasteiger partial charge in [-0.15, -0.1) is 5.10 Å². The number of carbonyl (C=O) groups is 2. The van der Waals surface area contributed by atoms with Gasteiger partial charge in [0.25, 0.3) is 11.8 Å². The highest BCUT2D eigenvalue weighted by atomic mass is 35.5. The van der Waals surface area contributed by atoms with Crippen molar-refractivity contribution in [1.29, 1.82) is 0 Å². The summed E-state index contributed by atoms with van der Waals surface area (Å²) in [5.41, 5.74) is 0.757. The van der Waals surface area contributed by atoms with Crippen LogP contribution in [-0.4, -0.2) is 39.7 Å². The van der Waals surface area contributed by atoms with Crippen LogP contribution < -0.4 is 15.4 Å². The minimum atomic E-state index is -0.512. The Labute approximate surface area is 201 Å². The Morgan fingerprint density at radius 1 is 1.09 bits per heavy atom. The Balaban J connectivity index is 1.62. The second-order valence-corrected chi connectivity index (χ2v) is 8.59. The Morgan fingerprint density at radius 3 is 2.61 bits per heavy atom. The third kappa shape index (κ3) is 5.29. The predicted octanol–water partition coefficient (Wildman–Crippen LogP) is 4.90. The Kier molecular flexibility index (Phi) is 7.15. The molecule has 4 rings (SSSR count). The Bertz CT molecular complexity index is 1170. The van der Waals surface area contributed by atoms with Crippen molar-refractivity contribution in [1.82, 2.24) is 20.1 Å². The summed E-state index contributed by atoms with van der Waals surface area (Å²) in [4.78, 5) is 30.5. The van der Waals surface area contributed by atoms with E-state index in [0.29, 0.717) is 15.7 Å². The van der Waals surface area contributed by atoms with Gasteiger partial charge >= 0.3 is 0 Å². The summed E-state index contributed by atoms with van der Waals surface area (Å²) in [5, 5.41) is 10.8. The number of aromatic nitrogens is 3. The van der Waals surface area contributed by atoms with Gasteiger partial charge in [0.15, 0.2) is 5.82 Å². The lowest BCUT2D eigenvalue weighted by Crippen LogP contribution is -2.36. The molecule has 0 saturated heterocycles. The van der Waals surface area contributed by atoms with Crippen molar-refractivity contribution in [2.45, 2.75) is 38.1 Å². The van der Waals surface area contributed by atoms with Crippen molar-refractivity contribution in [3.63, 3.8) is 0 Å². The number of anilines is 1. The first-order valence-electron chi connectivity index (χ1n) is 10.6. The number of nitrogens with zero attached hydrogens (tertiary/aromatic N) is 3. The lowest BCUT2D eigenvalue weighted by Gasteiger charge is -2.23. The molecular weight excluding hydrogens is 465 g/mol. The van der Waals surface area contributed by atoms with E-state index < -0.39 is 5.91 Å². The van der Waals surface area contributed by atoms with E-state index in [4.69, 9.17) is 27.9 Å². The number of benzene rings is 1. The largest absolute Gasteiger partial charge is 0.480 e. The number of nitrogens with one attached hydrogen (secondary N) is 2. The van der Waals surface area contributed by atoms with Crippen LogP contribution in [0.3, 0.4) is 0 Å². The second kappa shape index (κ2) is 10.2. The van der Waals surface area contributed by atoms with Crippen LogP contribution in [0.25, 0.3) is 5.82 Å². The van der Waals surface area contributed by atoms with Gasteiger partial charge in [-0.3, -0.25) is 9.59 Å². The van der Waals surface area contributed by atoms with E-state index in [1.54, 1.807) is 36.5 Å². The van der Waals surface area contributed by atoms with Crippen LogP contribution in [0.15, 0.2) is 42.6 Å². The number of hydrogen-bond acceptors (Lipinski definition) is 5. The van der Waals surface area contributed by atoms with Gasteiger partial charge in [0.1, 0.15) is 5.69 Å². The fourth-order valence-electron chi connectivity index (χ4n) is 3.83. The molecule has 2 aromatic heterocycles. The van der Waals surface area contributed by atoms with Gasteiger partial charge < -0.3 is 15.4 Å². The maximum absolute atomic E-state index is 13.2. The highest BCUT2D eigenvalue weighted by Gasteiger charge is 2.23. The third-order valence-corrected chi connectivity index (χ3v) is 6.01. The van der Waals surface area contributed by atoms with E-state index in [2.05, 4.69) is 20.7 Å². The lowest BCUT2D eigenvalue weighted by atomic mass is 9.95. The van der Waals surface area contributed by atoms with Crippen LogP contribution in [0, 0.1) is 0 Å². The SMILES string of the molecule is COc1cc(C(=O)Nc2ccc(Cl)cc2C(=O)NC2CCCCC2)n(-c2ncccc2Cl)n1. The summed E-state index contributed by atoms with van der Waals surface area (Å²) in [7, 11) is 1.45. The van der Waals surface area contributed by atoms with Crippen molar-refractivity contribution in [2.24, 2.45) is 0 Å². The summed E-state index contributed by atoms with van der Waals surface area (Å²) in [6, 6.07) is 9.67. The zero-order chi connectivity index (χ0) is 23.4. The highest BCUT2D eigenvalue weighted by Crippen LogP contribution is 2.26. The first kappa shape index (κ1) is 23.1. The molecule has 172 valence electrons. The zero-order valence-corrected chi connectivity index (χ0v) is 19.5. The molecule has 3 aromatic rings. The third-order valence-electron chi connectivity index (χ3n) is 5.48. The van der Waals surface area contributed by atoms with Gasteiger partial charge in [-0.2, -0.15) is 0 Å². The van der Waals surface area contributed by atoms with Crippen molar-refractivity contribution in [3.05, 3.63) is 63.9 Å². The average Bonchev–Trinajstić information content (AvgIpc) is 3.25. The average molecular weight is 488 g/mol. The van der Waals surface area contributed by atoms with E-state index in [1.807, 2.05) is 0 Å². The zero-order valence-electron chi connectivity index (χ0n) is 18.0. The molecule has 1 aromatic carbocycles. The van der Waals surface area contributed by atoms with Gasteiger partial charge in [-0.1, -0.05) is 42.5 Å². The molecule has 1 aliphatic carbocycles. The summed E-state index contributed by atoms with van der Waals surface area (Å²) in [6.07, 6.45) is 6.79. The fraction of sp³-hybridized carbons (Fsp3) is 0.304. The lowest BCUT2D eigenvalue weighted by molar-refractivity contribution is 0.0928. The molecule has 2 amide bonds. The van der Waals surface area contributed by atoms with Gasteiger partial charge in [-0.05, 0) is 43.2 Å². The minimum absolute atomic E-state index is 0.116. The molecule has 0 radical (unpaired) electrons. The number of methoxy groups -OCH3 is 1. The molecule has 0 spiro atoms. The molecular formula is C23H23Cl2N5O3. The summed E-state index contributed by atoms with van der Waals surface area (Å²) < 4.78 is 6.49. The first-order valence-corrected chi connectivity index (χ1v) is 11.4. The van der Waals surface area contributed by atoms with Crippen LogP contribution in [0.1, 0.15) is 53.0 Å². The van der Waals surface area contributed by atoms with Crippen LogP contribution in [-0.2, 0) is 0 Å². The monoisotopic (exact) mass is 487 g/mol. The first-order chi connectivity index (χ1) is 16.0. The molecule has 8 nitrogen and oxygen atoms in total. The second-order valence-electron chi connectivity index (χ2n) is 7.75. The topological polar surface area (TPSA) is 98.1 Å². The van der Waals surface area contributed by atoms with Crippen molar-refractivity contribution in [3.8, 4) is 11.7 Å². The molecule has 0 atom stereocenters. The standard InChI is InChI=1S/C23H23Cl2N5O3/c1-33-20-13-19(30(29-20)21-17(25)8-5-11-26-21)23(32)28-18-10-9-14(24)12-16(18)22(31)27-15-6-3-2-4-7-15/h5,8-13,15H,2-4,6-7H2,1H3,(H,27,31)(H,28,32). The highest BCUT2D eigenvalue weighted by molar-refractivity contribution is 6.32. The number of pyridine rings is 1. The number of halogens is 2. The van der Waals surface area contributed by atoms with Gasteiger partial charge in [0.05, 0.1) is 23.4 Å².